The SMILES string of the molecule is COC(=O)c1cc(CNC(=O)c2ccc(OC[C@H]3CCCO3)cc2)ccc1OC. The molecule has 0 radical (unpaired) electrons. The number of hydrogen-bond acceptors (Lipinski definition) is 6. The topological polar surface area (TPSA) is 83.1 Å². The molecular formula is C22H25NO6. The molecule has 0 saturated carbocycles. The molecule has 1 atom stereocenters. The van der Waals surface area contributed by atoms with Crippen LogP contribution in [0.15, 0.2) is 42.5 Å². The summed E-state index contributed by atoms with van der Waals surface area (Å²) in [6.07, 6.45) is 2.24. The quantitative estimate of drug-likeness (QED) is 0.687. The molecule has 2 aromatic rings. The summed E-state index contributed by atoms with van der Waals surface area (Å²) in [6, 6.07) is 12.1. The number of carbonyl (C=O) groups excluding carboxylic acids is 2. The summed E-state index contributed by atoms with van der Waals surface area (Å²) in [6.45, 7) is 1.58. The molecule has 1 amide bonds. The summed E-state index contributed by atoms with van der Waals surface area (Å²) in [4.78, 5) is 24.3. The van der Waals surface area contributed by atoms with E-state index in [2.05, 4.69) is 5.32 Å². The van der Waals surface area contributed by atoms with Gasteiger partial charge in [0.2, 0.25) is 0 Å². The van der Waals surface area contributed by atoms with Gasteiger partial charge in [-0.1, -0.05) is 6.07 Å². The van der Waals surface area contributed by atoms with E-state index in [1.165, 1.54) is 14.2 Å². The highest BCUT2D eigenvalue weighted by Crippen LogP contribution is 2.21. The van der Waals surface area contributed by atoms with Crippen LogP contribution in [0.4, 0.5) is 0 Å². The van der Waals surface area contributed by atoms with Gasteiger partial charge in [0.05, 0.1) is 20.3 Å². The molecule has 1 aliphatic rings. The molecule has 2 aromatic carbocycles. The van der Waals surface area contributed by atoms with Gasteiger partial charge in [-0.25, -0.2) is 4.79 Å². The molecule has 0 spiro atoms. The minimum Gasteiger partial charge on any atom is -0.496 e. The number of benzene rings is 2. The average molecular weight is 399 g/mol. The summed E-state index contributed by atoms with van der Waals surface area (Å²) in [5.41, 5.74) is 1.60. The highest BCUT2D eigenvalue weighted by Gasteiger charge is 2.16. The molecule has 7 nitrogen and oxygen atoms in total. The van der Waals surface area contributed by atoms with Crippen molar-refractivity contribution in [2.45, 2.75) is 25.5 Å². The van der Waals surface area contributed by atoms with Crippen molar-refractivity contribution in [2.75, 3.05) is 27.4 Å². The lowest BCUT2D eigenvalue weighted by Crippen LogP contribution is -2.23. The lowest BCUT2D eigenvalue weighted by Gasteiger charge is -2.12. The van der Waals surface area contributed by atoms with E-state index in [0.717, 1.165) is 25.0 Å². The lowest BCUT2D eigenvalue weighted by molar-refractivity contribution is 0.0597. The predicted octanol–water partition coefficient (Wildman–Crippen LogP) is 2.97. The van der Waals surface area contributed by atoms with Crippen LogP contribution in [-0.4, -0.2) is 45.4 Å². The van der Waals surface area contributed by atoms with E-state index in [1.807, 2.05) is 0 Å². The van der Waals surface area contributed by atoms with Crippen molar-refractivity contribution in [3.8, 4) is 11.5 Å². The molecule has 154 valence electrons. The third-order valence-corrected chi connectivity index (χ3v) is 4.70. The first kappa shape index (κ1) is 20.7. The zero-order valence-electron chi connectivity index (χ0n) is 16.6. The molecule has 0 bridgehead atoms. The highest BCUT2D eigenvalue weighted by molar-refractivity contribution is 5.94. The Bertz CT molecular complexity index is 843. The van der Waals surface area contributed by atoms with Crippen LogP contribution in [0.25, 0.3) is 0 Å². The largest absolute Gasteiger partial charge is 0.496 e. The molecule has 1 N–H and O–H groups in total. The molecule has 1 saturated heterocycles. The van der Waals surface area contributed by atoms with Crippen LogP contribution in [0.2, 0.25) is 0 Å². The first-order valence-corrected chi connectivity index (χ1v) is 9.48. The standard InChI is InChI=1S/C22H25NO6/c1-26-20-10-5-15(12-19(20)22(25)27-2)13-23-21(24)16-6-8-17(9-7-16)29-14-18-4-3-11-28-18/h5-10,12,18H,3-4,11,13-14H2,1-2H3,(H,23,24)/t18-/m1/s1. The molecule has 7 heteroatoms. The molecule has 0 aromatic heterocycles. The number of rotatable bonds is 8. The maximum absolute atomic E-state index is 12.4. The molecule has 1 aliphatic heterocycles. The smallest absolute Gasteiger partial charge is 0.341 e. The van der Waals surface area contributed by atoms with Crippen molar-refractivity contribution in [1.29, 1.82) is 0 Å². The normalized spacial score (nSPS) is 15.6. The van der Waals surface area contributed by atoms with Gasteiger partial charge < -0.3 is 24.3 Å². The van der Waals surface area contributed by atoms with Crippen molar-refractivity contribution >= 4 is 11.9 Å². The van der Waals surface area contributed by atoms with Crippen LogP contribution in [0.1, 0.15) is 39.1 Å². The minimum atomic E-state index is -0.492. The van der Waals surface area contributed by atoms with E-state index in [-0.39, 0.29) is 18.6 Å². The third-order valence-electron chi connectivity index (χ3n) is 4.70. The van der Waals surface area contributed by atoms with Crippen molar-refractivity contribution in [3.05, 3.63) is 59.2 Å². The molecule has 1 fully saturated rings. The Kier molecular flexibility index (Phi) is 7.08. The van der Waals surface area contributed by atoms with Gasteiger partial charge >= 0.3 is 5.97 Å². The highest BCUT2D eigenvalue weighted by atomic mass is 16.5. The van der Waals surface area contributed by atoms with Crippen LogP contribution in [0.3, 0.4) is 0 Å². The summed E-state index contributed by atoms with van der Waals surface area (Å²) < 4.78 is 21.2. The Morgan fingerprint density at radius 2 is 1.93 bits per heavy atom. The van der Waals surface area contributed by atoms with Gasteiger partial charge in [-0.05, 0) is 54.8 Å². The molecule has 3 rings (SSSR count). The van der Waals surface area contributed by atoms with Crippen molar-refractivity contribution in [2.24, 2.45) is 0 Å². The number of nitrogens with one attached hydrogen (secondary N) is 1. The Labute approximate surface area is 169 Å². The molecular weight excluding hydrogens is 374 g/mol. The van der Waals surface area contributed by atoms with Crippen molar-refractivity contribution in [3.63, 3.8) is 0 Å². The Morgan fingerprint density at radius 1 is 1.14 bits per heavy atom. The molecule has 1 heterocycles. The lowest BCUT2D eigenvalue weighted by atomic mass is 10.1. The fraction of sp³-hybridized carbons (Fsp3) is 0.364. The molecule has 29 heavy (non-hydrogen) atoms. The maximum Gasteiger partial charge on any atom is 0.341 e. The maximum atomic E-state index is 12.4. The molecule has 0 unspecified atom stereocenters. The number of carbonyl (C=O) groups is 2. The Hall–Kier alpha value is -3.06. The summed E-state index contributed by atoms with van der Waals surface area (Å²) in [7, 11) is 2.79. The number of methoxy groups -OCH3 is 2. The summed E-state index contributed by atoms with van der Waals surface area (Å²) in [5.74, 6) is 0.417. The number of ether oxygens (including phenoxy) is 4. The second kappa shape index (κ2) is 9.93. The van der Waals surface area contributed by atoms with E-state index >= 15 is 0 Å². The van der Waals surface area contributed by atoms with Gasteiger partial charge in [0.25, 0.3) is 5.91 Å². The van der Waals surface area contributed by atoms with Crippen LogP contribution in [0, 0.1) is 0 Å². The van der Waals surface area contributed by atoms with E-state index < -0.39 is 5.97 Å². The van der Waals surface area contributed by atoms with E-state index in [1.54, 1.807) is 42.5 Å². The van der Waals surface area contributed by atoms with Gasteiger partial charge in [-0.2, -0.15) is 0 Å². The van der Waals surface area contributed by atoms with E-state index in [4.69, 9.17) is 18.9 Å². The van der Waals surface area contributed by atoms with Crippen LogP contribution in [0.5, 0.6) is 11.5 Å². The Morgan fingerprint density at radius 3 is 2.59 bits per heavy atom. The summed E-state index contributed by atoms with van der Waals surface area (Å²) >= 11 is 0. The number of amides is 1. The van der Waals surface area contributed by atoms with Gasteiger partial charge in [0.15, 0.2) is 0 Å². The number of hydrogen-bond donors (Lipinski definition) is 1. The second-order valence-electron chi connectivity index (χ2n) is 6.68. The first-order valence-electron chi connectivity index (χ1n) is 9.48. The zero-order chi connectivity index (χ0) is 20.6. The fourth-order valence-corrected chi connectivity index (χ4v) is 3.09. The predicted molar refractivity (Wildman–Crippen MR) is 106 cm³/mol. The van der Waals surface area contributed by atoms with Crippen LogP contribution < -0.4 is 14.8 Å². The average Bonchev–Trinajstić information content (AvgIpc) is 3.29. The first-order chi connectivity index (χ1) is 14.1. The third kappa shape index (κ3) is 5.48. The van der Waals surface area contributed by atoms with Gasteiger partial charge in [0, 0.05) is 18.7 Å². The monoisotopic (exact) mass is 399 g/mol. The van der Waals surface area contributed by atoms with Crippen molar-refractivity contribution < 1.29 is 28.5 Å². The minimum absolute atomic E-state index is 0.150. The van der Waals surface area contributed by atoms with Gasteiger partial charge in [0.1, 0.15) is 23.7 Å². The van der Waals surface area contributed by atoms with E-state index in [0.29, 0.717) is 29.2 Å². The summed E-state index contributed by atoms with van der Waals surface area (Å²) in [5, 5.41) is 2.84. The zero-order valence-corrected chi connectivity index (χ0v) is 16.6. The van der Waals surface area contributed by atoms with Gasteiger partial charge in [-0.15, -0.1) is 0 Å². The number of esters is 1. The van der Waals surface area contributed by atoms with Crippen LogP contribution in [-0.2, 0) is 16.0 Å². The van der Waals surface area contributed by atoms with Crippen LogP contribution >= 0.6 is 0 Å². The fourth-order valence-electron chi connectivity index (χ4n) is 3.09. The van der Waals surface area contributed by atoms with Crippen molar-refractivity contribution in [1.82, 2.24) is 5.32 Å². The second-order valence-corrected chi connectivity index (χ2v) is 6.68. The Balaban J connectivity index is 1.55. The van der Waals surface area contributed by atoms with Gasteiger partial charge in [-0.3, -0.25) is 4.79 Å². The molecule has 0 aliphatic carbocycles. The van der Waals surface area contributed by atoms with E-state index in [9.17, 15) is 9.59 Å².